The Morgan fingerprint density at radius 3 is 2.64 bits per heavy atom. The van der Waals surface area contributed by atoms with Crippen LogP contribution >= 0.6 is 15.9 Å². The Morgan fingerprint density at radius 1 is 1.55 bits per heavy atom. The molecular weight excluding hydrogens is 210 g/mol. The molecule has 0 bridgehead atoms. The van der Waals surface area contributed by atoms with Gasteiger partial charge in [0.1, 0.15) is 0 Å². The van der Waals surface area contributed by atoms with Gasteiger partial charge >= 0.3 is 0 Å². The average Bonchev–Trinajstić information content (AvgIpc) is 1.85. The van der Waals surface area contributed by atoms with Crippen molar-refractivity contribution in [1.82, 2.24) is 0 Å². The topological polar surface area (TPSA) is 43.1 Å². The highest BCUT2D eigenvalue weighted by Crippen LogP contribution is 2.24. The van der Waals surface area contributed by atoms with Crippen molar-refractivity contribution in [2.75, 3.05) is 0 Å². The third-order valence-corrected chi connectivity index (χ3v) is 1.94. The van der Waals surface area contributed by atoms with E-state index in [1.54, 1.807) is 12.1 Å². The van der Waals surface area contributed by atoms with Crippen molar-refractivity contribution >= 4 is 21.6 Å². The van der Waals surface area contributed by atoms with Crippen LogP contribution in [-0.4, -0.2) is 4.92 Å². The van der Waals surface area contributed by atoms with E-state index in [9.17, 15) is 10.1 Å². The maximum Gasteiger partial charge on any atom is 0.283 e. The molecule has 11 heavy (non-hydrogen) atoms. The third-order valence-electron chi connectivity index (χ3n) is 1.30. The molecular formula is C7H6BrNO2. The number of aryl methyl sites for hydroxylation is 1. The van der Waals surface area contributed by atoms with Crippen LogP contribution in [0.15, 0.2) is 22.7 Å². The molecule has 0 radical (unpaired) electrons. The summed E-state index contributed by atoms with van der Waals surface area (Å²) < 4.78 is 0.530. The molecule has 3 nitrogen and oxygen atoms in total. The second-order valence-corrected chi connectivity index (χ2v) is 3.07. The van der Waals surface area contributed by atoms with Crippen molar-refractivity contribution < 1.29 is 4.92 Å². The summed E-state index contributed by atoms with van der Waals surface area (Å²) in [5, 5.41) is 10.3. The second kappa shape index (κ2) is 3.00. The van der Waals surface area contributed by atoms with E-state index in [4.69, 9.17) is 0 Å². The van der Waals surface area contributed by atoms with Crippen molar-refractivity contribution in [3.8, 4) is 0 Å². The summed E-state index contributed by atoms with van der Waals surface area (Å²) in [6, 6.07) is 4.92. The first-order valence-electron chi connectivity index (χ1n) is 3.02. The van der Waals surface area contributed by atoms with E-state index in [1.165, 1.54) is 6.07 Å². The fraction of sp³-hybridized carbons (Fsp3) is 0.143. The molecule has 0 aliphatic carbocycles. The van der Waals surface area contributed by atoms with Gasteiger partial charge in [0.15, 0.2) is 0 Å². The van der Waals surface area contributed by atoms with E-state index in [2.05, 4.69) is 15.9 Å². The van der Waals surface area contributed by atoms with Crippen LogP contribution in [0.25, 0.3) is 0 Å². The maximum absolute atomic E-state index is 10.3. The van der Waals surface area contributed by atoms with Crippen molar-refractivity contribution in [1.29, 1.82) is 0 Å². The predicted molar refractivity (Wildman–Crippen MR) is 45.5 cm³/mol. The van der Waals surface area contributed by atoms with Gasteiger partial charge in [0, 0.05) is 6.07 Å². The highest BCUT2D eigenvalue weighted by Gasteiger charge is 2.09. The Hall–Kier alpha value is -0.900. The van der Waals surface area contributed by atoms with Gasteiger partial charge in [0.2, 0.25) is 0 Å². The number of rotatable bonds is 1. The van der Waals surface area contributed by atoms with Crippen LogP contribution in [0.1, 0.15) is 5.56 Å². The van der Waals surface area contributed by atoms with Crippen LogP contribution in [0.3, 0.4) is 0 Å². The van der Waals surface area contributed by atoms with Crippen LogP contribution in [0, 0.1) is 17.0 Å². The van der Waals surface area contributed by atoms with E-state index in [1.807, 2.05) is 6.92 Å². The van der Waals surface area contributed by atoms with Gasteiger partial charge in [0.25, 0.3) is 5.69 Å². The molecule has 1 rings (SSSR count). The summed E-state index contributed by atoms with van der Waals surface area (Å²) in [5.41, 5.74) is 1.11. The Labute approximate surface area is 72.3 Å². The number of benzene rings is 1. The molecule has 0 fully saturated rings. The van der Waals surface area contributed by atoms with Gasteiger partial charge in [-0.1, -0.05) is 6.07 Å². The zero-order valence-electron chi connectivity index (χ0n) is 5.87. The van der Waals surface area contributed by atoms with Gasteiger partial charge in [-0.3, -0.25) is 10.1 Å². The van der Waals surface area contributed by atoms with Gasteiger partial charge in [-0.25, -0.2) is 0 Å². The van der Waals surface area contributed by atoms with Crippen LogP contribution in [-0.2, 0) is 0 Å². The lowest BCUT2D eigenvalue weighted by atomic mass is 10.2. The Kier molecular flexibility index (Phi) is 2.24. The average molecular weight is 216 g/mol. The first kappa shape index (κ1) is 8.20. The molecule has 0 aliphatic heterocycles. The quantitative estimate of drug-likeness (QED) is 0.534. The molecule has 0 spiro atoms. The summed E-state index contributed by atoms with van der Waals surface area (Å²) >= 11 is 3.11. The van der Waals surface area contributed by atoms with Gasteiger partial charge in [-0.15, -0.1) is 0 Å². The normalized spacial score (nSPS) is 9.64. The lowest BCUT2D eigenvalue weighted by Gasteiger charge is -1.95. The van der Waals surface area contributed by atoms with Crippen LogP contribution in [0.2, 0.25) is 0 Å². The molecule has 0 aromatic heterocycles. The molecule has 0 atom stereocenters. The standard InChI is InChI=1S/C7H6BrNO2/c1-5-2-3-7(9(10)11)6(8)4-5/h2-4H,1H3. The van der Waals surface area contributed by atoms with Crippen LogP contribution in [0.4, 0.5) is 5.69 Å². The summed E-state index contributed by atoms with van der Waals surface area (Å²) in [7, 11) is 0. The second-order valence-electron chi connectivity index (χ2n) is 2.21. The van der Waals surface area contributed by atoms with Gasteiger partial charge in [0.05, 0.1) is 9.40 Å². The molecule has 1 aromatic rings. The minimum absolute atomic E-state index is 0.107. The van der Waals surface area contributed by atoms with Crippen molar-refractivity contribution in [2.45, 2.75) is 6.92 Å². The SMILES string of the molecule is Cc1ccc([N+](=O)[O-])c(Br)c1. The van der Waals surface area contributed by atoms with E-state index in [-0.39, 0.29) is 5.69 Å². The first-order valence-corrected chi connectivity index (χ1v) is 3.81. The van der Waals surface area contributed by atoms with Crippen molar-refractivity contribution in [2.24, 2.45) is 0 Å². The van der Waals surface area contributed by atoms with Crippen molar-refractivity contribution in [3.05, 3.63) is 38.3 Å². The minimum Gasteiger partial charge on any atom is -0.258 e. The summed E-state index contributed by atoms with van der Waals surface area (Å²) in [6.07, 6.45) is 0. The lowest BCUT2D eigenvalue weighted by molar-refractivity contribution is -0.385. The minimum atomic E-state index is -0.413. The van der Waals surface area contributed by atoms with E-state index >= 15 is 0 Å². The molecule has 0 saturated carbocycles. The zero-order valence-corrected chi connectivity index (χ0v) is 7.46. The first-order chi connectivity index (χ1) is 5.11. The molecule has 0 heterocycles. The molecule has 0 N–H and O–H groups in total. The third kappa shape index (κ3) is 1.77. The Morgan fingerprint density at radius 2 is 2.18 bits per heavy atom. The number of halogens is 1. The summed E-state index contributed by atoms with van der Waals surface area (Å²) in [4.78, 5) is 9.90. The smallest absolute Gasteiger partial charge is 0.258 e. The lowest BCUT2D eigenvalue weighted by Crippen LogP contribution is -1.88. The Balaban J connectivity index is 3.20. The maximum atomic E-state index is 10.3. The monoisotopic (exact) mass is 215 g/mol. The van der Waals surface area contributed by atoms with Gasteiger partial charge in [-0.2, -0.15) is 0 Å². The van der Waals surface area contributed by atoms with Crippen molar-refractivity contribution in [3.63, 3.8) is 0 Å². The van der Waals surface area contributed by atoms with Crippen LogP contribution < -0.4 is 0 Å². The molecule has 0 saturated heterocycles. The van der Waals surface area contributed by atoms with Gasteiger partial charge < -0.3 is 0 Å². The summed E-state index contributed by atoms with van der Waals surface area (Å²) in [6.45, 7) is 1.88. The number of hydrogen-bond donors (Lipinski definition) is 0. The van der Waals surface area contributed by atoms with E-state index < -0.39 is 4.92 Å². The molecule has 0 aliphatic rings. The van der Waals surface area contributed by atoms with Gasteiger partial charge in [-0.05, 0) is 34.5 Å². The Bertz CT molecular complexity index is 298. The largest absolute Gasteiger partial charge is 0.283 e. The molecule has 58 valence electrons. The highest BCUT2D eigenvalue weighted by molar-refractivity contribution is 9.10. The molecule has 1 aromatic carbocycles. The molecule has 0 amide bonds. The van der Waals surface area contributed by atoms with E-state index in [0.29, 0.717) is 4.47 Å². The predicted octanol–water partition coefficient (Wildman–Crippen LogP) is 2.67. The number of hydrogen-bond acceptors (Lipinski definition) is 2. The fourth-order valence-electron chi connectivity index (χ4n) is 0.760. The van der Waals surface area contributed by atoms with Crippen LogP contribution in [0.5, 0.6) is 0 Å². The number of nitrogens with zero attached hydrogens (tertiary/aromatic N) is 1. The van der Waals surface area contributed by atoms with E-state index in [0.717, 1.165) is 5.56 Å². The molecule has 4 heteroatoms. The highest BCUT2D eigenvalue weighted by atomic mass is 79.9. The zero-order chi connectivity index (χ0) is 8.43. The molecule has 0 unspecified atom stereocenters. The number of nitro benzene ring substituents is 1. The number of nitro groups is 1. The summed E-state index contributed by atoms with van der Waals surface area (Å²) in [5.74, 6) is 0. The fourth-order valence-corrected chi connectivity index (χ4v) is 1.40.